The molecule has 1 aliphatic rings. The van der Waals surface area contributed by atoms with E-state index in [1.54, 1.807) is 13.8 Å². The van der Waals surface area contributed by atoms with Gasteiger partial charge in [-0.15, -0.1) is 0 Å². The summed E-state index contributed by atoms with van der Waals surface area (Å²) in [5.41, 5.74) is -0.793. The number of rotatable bonds is 5. The van der Waals surface area contributed by atoms with Gasteiger partial charge in [0.2, 0.25) is 5.91 Å². The average Bonchev–Trinajstić information content (AvgIpc) is 2.27. The van der Waals surface area contributed by atoms with Crippen LogP contribution in [0, 0.1) is 10.8 Å². The molecule has 1 rings (SSSR count). The van der Waals surface area contributed by atoms with Crippen molar-refractivity contribution in [1.82, 2.24) is 5.32 Å². The maximum absolute atomic E-state index is 11.8. The Kier molecular flexibility index (Phi) is 4.77. The molecular weight excluding hydrogens is 230 g/mol. The summed E-state index contributed by atoms with van der Waals surface area (Å²) in [5, 5.41) is 11.9. The van der Waals surface area contributed by atoms with Gasteiger partial charge in [-0.3, -0.25) is 9.59 Å². The molecule has 0 radical (unpaired) electrons. The Bertz CT molecular complexity index is 317. The number of nitrogens with one attached hydrogen (secondary N) is 1. The fourth-order valence-corrected chi connectivity index (χ4v) is 2.43. The third kappa shape index (κ3) is 4.31. The molecule has 1 amide bonds. The molecule has 104 valence electrons. The number of hydrogen-bond donors (Lipinski definition) is 2. The van der Waals surface area contributed by atoms with Gasteiger partial charge in [0.05, 0.1) is 5.41 Å². The van der Waals surface area contributed by atoms with Crippen LogP contribution in [0.25, 0.3) is 0 Å². The molecule has 0 aromatic heterocycles. The van der Waals surface area contributed by atoms with Crippen molar-refractivity contribution in [3.63, 3.8) is 0 Å². The van der Waals surface area contributed by atoms with Gasteiger partial charge in [0.25, 0.3) is 0 Å². The first-order valence-corrected chi connectivity index (χ1v) is 6.75. The molecular formula is C14H25NO3. The number of carbonyl (C=O) groups excluding carboxylic acids is 1. The van der Waals surface area contributed by atoms with Crippen LogP contribution in [0.3, 0.4) is 0 Å². The smallest absolute Gasteiger partial charge is 0.309 e. The fourth-order valence-electron chi connectivity index (χ4n) is 2.43. The lowest BCUT2D eigenvalue weighted by Crippen LogP contribution is -2.39. The maximum Gasteiger partial charge on any atom is 0.309 e. The minimum absolute atomic E-state index is 0.0401. The average molecular weight is 255 g/mol. The molecule has 0 aromatic rings. The predicted octanol–water partition coefficient (Wildman–Crippen LogP) is 2.57. The SMILES string of the molecule is CC1(CNC(=O)CC(C)(C)C(=O)O)CCCCC1. The summed E-state index contributed by atoms with van der Waals surface area (Å²) in [6, 6.07) is 0. The number of hydrogen-bond acceptors (Lipinski definition) is 2. The molecule has 0 aromatic carbocycles. The largest absolute Gasteiger partial charge is 0.481 e. The summed E-state index contributed by atoms with van der Waals surface area (Å²) in [7, 11) is 0. The van der Waals surface area contributed by atoms with E-state index in [1.165, 1.54) is 19.3 Å². The first-order chi connectivity index (χ1) is 8.25. The van der Waals surface area contributed by atoms with Crippen LogP contribution in [0.1, 0.15) is 59.3 Å². The first-order valence-electron chi connectivity index (χ1n) is 6.75. The number of carboxylic acid groups (broad SMARTS) is 1. The molecule has 0 saturated heterocycles. The monoisotopic (exact) mass is 255 g/mol. The molecule has 0 aliphatic heterocycles. The quantitative estimate of drug-likeness (QED) is 0.793. The van der Waals surface area contributed by atoms with E-state index in [-0.39, 0.29) is 17.7 Å². The Morgan fingerprint density at radius 1 is 1.22 bits per heavy atom. The normalized spacial score (nSPS) is 19.3. The molecule has 0 bridgehead atoms. The van der Waals surface area contributed by atoms with E-state index in [2.05, 4.69) is 12.2 Å². The Hall–Kier alpha value is -1.06. The van der Waals surface area contributed by atoms with Crippen LogP contribution in [0.4, 0.5) is 0 Å². The summed E-state index contributed by atoms with van der Waals surface area (Å²) >= 11 is 0. The zero-order valence-corrected chi connectivity index (χ0v) is 11.7. The molecule has 1 saturated carbocycles. The molecule has 1 aliphatic carbocycles. The summed E-state index contributed by atoms with van der Waals surface area (Å²) in [6.45, 7) is 6.03. The Morgan fingerprint density at radius 2 is 1.78 bits per heavy atom. The number of carboxylic acids is 1. The molecule has 4 nitrogen and oxygen atoms in total. The van der Waals surface area contributed by atoms with Crippen LogP contribution in [0.2, 0.25) is 0 Å². The van der Waals surface area contributed by atoms with Crippen molar-refractivity contribution in [2.45, 2.75) is 59.3 Å². The van der Waals surface area contributed by atoms with Crippen LogP contribution in [0.5, 0.6) is 0 Å². The van der Waals surface area contributed by atoms with Gasteiger partial charge in [-0.25, -0.2) is 0 Å². The molecule has 0 unspecified atom stereocenters. The van der Waals surface area contributed by atoms with E-state index in [9.17, 15) is 9.59 Å². The van der Waals surface area contributed by atoms with Crippen LogP contribution in [0.15, 0.2) is 0 Å². The molecule has 2 N–H and O–H groups in total. The van der Waals surface area contributed by atoms with E-state index in [1.807, 2.05) is 0 Å². The van der Waals surface area contributed by atoms with Gasteiger partial charge in [-0.2, -0.15) is 0 Å². The van der Waals surface area contributed by atoms with Crippen molar-refractivity contribution in [3.05, 3.63) is 0 Å². The van der Waals surface area contributed by atoms with Crippen LogP contribution < -0.4 is 5.32 Å². The molecule has 0 heterocycles. The Labute approximate surface area is 109 Å². The summed E-state index contributed by atoms with van der Waals surface area (Å²) in [6.07, 6.45) is 6.08. The van der Waals surface area contributed by atoms with Crippen molar-refractivity contribution in [2.24, 2.45) is 10.8 Å². The fraction of sp³-hybridized carbons (Fsp3) is 0.857. The van der Waals surface area contributed by atoms with Crippen LogP contribution in [-0.2, 0) is 9.59 Å². The van der Waals surface area contributed by atoms with Gasteiger partial charge < -0.3 is 10.4 Å². The van der Waals surface area contributed by atoms with E-state index >= 15 is 0 Å². The Morgan fingerprint density at radius 3 is 2.28 bits per heavy atom. The highest BCUT2D eigenvalue weighted by molar-refractivity contribution is 5.84. The van der Waals surface area contributed by atoms with Gasteiger partial charge in [-0.1, -0.05) is 26.2 Å². The minimum atomic E-state index is -0.989. The highest BCUT2D eigenvalue weighted by Crippen LogP contribution is 2.35. The summed E-state index contributed by atoms with van der Waals surface area (Å²) in [5.74, 6) is -1.09. The third-order valence-corrected chi connectivity index (χ3v) is 3.95. The van der Waals surface area contributed by atoms with Crippen molar-refractivity contribution >= 4 is 11.9 Å². The summed E-state index contributed by atoms with van der Waals surface area (Å²) in [4.78, 5) is 22.7. The number of amides is 1. The maximum atomic E-state index is 11.8. The molecule has 0 atom stereocenters. The molecule has 0 spiro atoms. The van der Waals surface area contributed by atoms with Gasteiger partial charge in [0.15, 0.2) is 0 Å². The second-order valence-corrected chi connectivity index (χ2v) is 6.51. The number of carbonyl (C=O) groups is 2. The second kappa shape index (κ2) is 5.72. The lowest BCUT2D eigenvalue weighted by molar-refractivity contribution is -0.149. The molecule has 18 heavy (non-hydrogen) atoms. The van der Waals surface area contributed by atoms with Gasteiger partial charge in [0, 0.05) is 13.0 Å². The van der Waals surface area contributed by atoms with Gasteiger partial charge in [0.1, 0.15) is 0 Å². The topological polar surface area (TPSA) is 66.4 Å². The van der Waals surface area contributed by atoms with Crippen molar-refractivity contribution in [2.75, 3.05) is 6.54 Å². The Balaban J connectivity index is 2.39. The van der Waals surface area contributed by atoms with E-state index < -0.39 is 11.4 Å². The van der Waals surface area contributed by atoms with Crippen LogP contribution >= 0.6 is 0 Å². The minimum Gasteiger partial charge on any atom is -0.481 e. The van der Waals surface area contributed by atoms with E-state index in [0.717, 1.165) is 12.8 Å². The lowest BCUT2D eigenvalue weighted by Gasteiger charge is -2.34. The second-order valence-electron chi connectivity index (χ2n) is 6.51. The van der Waals surface area contributed by atoms with Crippen molar-refractivity contribution in [1.29, 1.82) is 0 Å². The molecule has 1 fully saturated rings. The lowest BCUT2D eigenvalue weighted by atomic mass is 9.75. The first kappa shape index (κ1) is 15.0. The van der Waals surface area contributed by atoms with Gasteiger partial charge >= 0.3 is 5.97 Å². The van der Waals surface area contributed by atoms with Crippen LogP contribution in [-0.4, -0.2) is 23.5 Å². The zero-order valence-electron chi connectivity index (χ0n) is 11.7. The van der Waals surface area contributed by atoms with Crippen molar-refractivity contribution < 1.29 is 14.7 Å². The highest BCUT2D eigenvalue weighted by atomic mass is 16.4. The predicted molar refractivity (Wildman–Crippen MR) is 70.2 cm³/mol. The van der Waals surface area contributed by atoms with E-state index in [4.69, 9.17) is 5.11 Å². The highest BCUT2D eigenvalue weighted by Gasteiger charge is 2.32. The van der Waals surface area contributed by atoms with Gasteiger partial charge in [-0.05, 0) is 32.1 Å². The van der Waals surface area contributed by atoms with Crippen molar-refractivity contribution in [3.8, 4) is 0 Å². The number of aliphatic carboxylic acids is 1. The standard InChI is InChI=1S/C14H25NO3/c1-13(2,12(17)18)9-11(16)15-10-14(3)7-5-4-6-8-14/h4-10H2,1-3H3,(H,15,16)(H,17,18). The zero-order chi connectivity index (χ0) is 13.8. The summed E-state index contributed by atoms with van der Waals surface area (Å²) < 4.78 is 0. The van der Waals surface area contributed by atoms with E-state index in [0.29, 0.717) is 6.54 Å². The third-order valence-electron chi connectivity index (χ3n) is 3.95. The molecule has 4 heteroatoms.